The number of rotatable bonds is 6. The maximum Gasteiger partial charge on any atom is 0.234 e. The minimum absolute atomic E-state index is 0.0326. The molecule has 0 radical (unpaired) electrons. The average molecular weight is 402 g/mol. The van der Waals surface area contributed by atoms with Gasteiger partial charge in [-0.05, 0) is 25.0 Å². The Kier molecular flexibility index (Phi) is 5.52. The number of ether oxygens (including phenoxy) is 1. The third-order valence-electron chi connectivity index (χ3n) is 4.62. The van der Waals surface area contributed by atoms with E-state index in [4.69, 9.17) is 9.72 Å². The van der Waals surface area contributed by atoms with Gasteiger partial charge in [-0.1, -0.05) is 37.3 Å². The molecule has 0 bridgehead atoms. The molecule has 0 N–H and O–H groups in total. The molecule has 142 valence electrons. The number of thiazole rings is 2. The van der Waals surface area contributed by atoms with Crippen molar-refractivity contribution >= 4 is 43.9 Å². The molecule has 7 heteroatoms. The molecule has 1 aromatic carbocycles. The van der Waals surface area contributed by atoms with Crippen molar-refractivity contribution in [1.29, 1.82) is 0 Å². The van der Waals surface area contributed by atoms with Crippen LogP contribution in [0, 0.1) is 0 Å². The molecule has 27 heavy (non-hydrogen) atoms. The number of aromatic nitrogens is 2. The Hall–Kier alpha value is -1.83. The number of hydrogen-bond acceptors (Lipinski definition) is 6. The molecule has 0 saturated carbocycles. The van der Waals surface area contributed by atoms with E-state index in [1.54, 1.807) is 27.6 Å². The molecule has 1 saturated heterocycles. The zero-order chi connectivity index (χ0) is 18.8. The SMILES string of the molecule is CC(C)c1nc(CC(=O)N(CC2CCCO2)c2nc3ccccc3s2)cs1. The standard InChI is InChI=1S/C20H23N3O2S2/c1-13(2)19-21-14(12-26-19)10-18(24)23(11-15-6-5-9-25-15)20-22-16-7-3-4-8-17(16)27-20/h3-4,7-8,12-13,15H,5-6,9-11H2,1-2H3. The van der Waals surface area contributed by atoms with Crippen molar-refractivity contribution in [2.75, 3.05) is 18.1 Å². The number of nitrogens with zero attached hydrogens (tertiary/aromatic N) is 3. The van der Waals surface area contributed by atoms with Crippen LogP contribution in [0.25, 0.3) is 10.2 Å². The lowest BCUT2D eigenvalue weighted by atomic mass is 10.2. The monoisotopic (exact) mass is 401 g/mol. The molecule has 4 rings (SSSR count). The highest BCUT2D eigenvalue weighted by molar-refractivity contribution is 7.22. The normalized spacial score (nSPS) is 17.1. The van der Waals surface area contributed by atoms with Gasteiger partial charge in [0.2, 0.25) is 5.91 Å². The van der Waals surface area contributed by atoms with Gasteiger partial charge in [0.25, 0.3) is 0 Å². The summed E-state index contributed by atoms with van der Waals surface area (Å²) in [5.74, 6) is 0.413. The van der Waals surface area contributed by atoms with Crippen LogP contribution in [-0.2, 0) is 16.0 Å². The van der Waals surface area contributed by atoms with E-state index in [1.807, 2.05) is 29.6 Å². The van der Waals surface area contributed by atoms with E-state index in [0.717, 1.165) is 45.5 Å². The van der Waals surface area contributed by atoms with Gasteiger partial charge in [-0.2, -0.15) is 0 Å². The number of hydrogen-bond donors (Lipinski definition) is 0. The molecule has 0 spiro atoms. The van der Waals surface area contributed by atoms with Crippen LogP contribution >= 0.6 is 22.7 Å². The number of para-hydroxylation sites is 1. The molecule has 1 aliphatic rings. The van der Waals surface area contributed by atoms with Gasteiger partial charge in [0.15, 0.2) is 5.13 Å². The fourth-order valence-electron chi connectivity index (χ4n) is 3.17. The van der Waals surface area contributed by atoms with Crippen LogP contribution in [0.2, 0.25) is 0 Å². The molecule has 2 aromatic heterocycles. The first-order chi connectivity index (χ1) is 13.1. The third kappa shape index (κ3) is 4.20. The third-order valence-corrected chi connectivity index (χ3v) is 6.87. The number of fused-ring (bicyclic) bond motifs is 1. The maximum atomic E-state index is 13.2. The minimum atomic E-state index is 0.0326. The number of carbonyl (C=O) groups is 1. The molecule has 1 atom stereocenters. The van der Waals surface area contributed by atoms with Gasteiger partial charge in [-0.3, -0.25) is 9.69 Å². The van der Waals surface area contributed by atoms with Gasteiger partial charge in [-0.15, -0.1) is 11.3 Å². The maximum absolute atomic E-state index is 13.2. The molecule has 1 fully saturated rings. The molecule has 3 heterocycles. The van der Waals surface area contributed by atoms with Crippen LogP contribution in [0.3, 0.4) is 0 Å². The Morgan fingerprint density at radius 2 is 2.19 bits per heavy atom. The topological polar surface area (TPSA) is 55.3 Å². The van der Waals surface area contributed by atoms with E-state index < -0.39 is 0 Å². The highest BCUT2D eigenvalue weighted by Crippen LogP contribution is 2.30. The lowest BCUT2D eigenvalue weighted by molar-refractivity contribution is -0.118. The lowest BCUT2D eigenvalue weighted by Gasteiger charge is -2.22. The van der Waals surface area contributed by atoms with E-state index >= 15 is 0 Å². The molecule has 5 nitrogen and oxygen atoms in total. The van der Waals surface area contributed by atoms with Crippen LogP contribution in [0.5, 0.6) is 0 Å². The van der Waals surface area contributed by atoms with Gasteiger partial charge >= 0.3 is 0 Å². The van der Waals surface area contributed by atoms with Crippen LogP contribution in [-0.4, -0.2) is 35.1 Å². The van der Waals surface area contributed by atoms with Crippen molar-refractivity contribution in [2.45, 2.75) is 45.1 Å². The predicted octanol–water partition coefficient (Wildman–Crippen LogP) is 4.63. The van der Waals surface area contributed by atoms with Crippen LogP contribution in [0.1, 0.15) is 43.3 Å². The largest absolute Gasteiger partial charge is 0.376 e. The van der Waals surface area contributed by atoms with Crippen LogP contribution < -0.4 is 4.90 Å². The lowest BCUT2D eigenvalue weighted by Crippen LogP contribution is -2.38. The van der Waals surface area contributed by atoms with E-state index in [-0.39, 0.29) is 12.0 Å². The Morgan fingerprint density at radius 1 is 1.33 bits per heavy atom. The summed E-state index contributed by atoms with van der Waals surface area (Å²) in [6, 6.07) is 8.00. The van der Waals surface area contributed by atoms with Crippen molar-refractivity contribution in [3.05, 3.63) is 40.3 Å². The fourth-order valence-corrected chi connectivity index (χ4v) is 5.00. The second-order valence-corrected chi connectivity index (χ2v) is 9.01. The fraction of sp³-hybridized carbons (Fsp3) is 0.450. The highest BCUT2D eigenvalue weighted by atomic mass is 32.1. The summed E-state index contributed by atoms with van der Waals surface area (Å²) in [7, 11) is 0. The van der Waals surface area contributed by atoms with Crippen LogP contribution in [0.4, 0.5) is 5.13 Å². The molecule has 1 unspecified atom stereocenters. The second-order valence-electron chi connectivity index (χ2n) is 7.11. The van der Waals surface area contributed by atoms with E-state index in [1.165, 1.54) is 0 Å². The number of carbonyl (C=O) groups excluding carboxylic acids is 1. The summed E-state index contributed by atoms with van der Waals surface area (Å²) >= 11 is 3.18. The zero-order valence-electron chi connectivity index (χ0n) is 15.6. The Bertz CT molecular complexity index is 895. The minimum Gasteiger partial charge on any atom is -0.376 e. The summed E-state index contributed by atoms with van der Waals surface area (Å²) in [6.45, 7) is 5.57. The molecule has 3 aromatic rings. The summed E-state index contributed by atoms with van der Waals surface area (Å²) in [5.41, 5.74) is 1.77. The number of benzene rings is 1. The molecule has 0 aliphatic carbocycles. The average Bonchev–Trinajstić information content (AvgIpc) is 3.39. The van der Waals surface area contributed by atoms with E-state index in [0.29, 0.717) is 18.9 Å². The Morgan fingerprint density at radius 3 is 2.89 bits per heavy atom. The van der Waals surface area contributed by atoms with Crippen molar-refractivity contribution in [3.63, 3.8) is 0 Å². The zero-order valence-corrected chi connectivity index (χ0v) is 17.2. The van der Waals surface area contributed by atoms with Crippen LogP contribution in [0.15, 0.2) is 29.6 Å². The molecule has 1 amide bonds. The molecule has 1 aliphatic heterocycles. The first-order valence-corrected chi connectivity index (χ1v) is 11.0. The highest BCUT2D eigenvalue weighted by Gasteiger charge is 2.26. The quantitative estimate of drug-likeness (QED) is 0.604. The molecular formula is C20H23N3O2S2. The van der Waals surface area contributed by atoms with Crippen molar-refractivity contribution in [1.82, 2.24) is 9.97 Å². The smallest absolute Gasteiger partial charge is 0.234 e. The first kappa shape index (κ1) is 18.5. The van der Waals surface area contributed by atoms with Crippen molar-refractivity contribution in [2.24, 2.45) is 0 Å². The predicted molar refractivity (Wildman–Crippen MR) is 111 cm³/mol. The summed E-state index contributed by atoms with van der Waals surface area (Å²) in [5, 5.41) is 3.81. The van der Waals surface area contributed by atoms with Gasteiger partial charge in [0, 0.05) is 17.9 Å². The summed E-state index contributed by atoms with van der Waals surface area (Å²) < 4.78 is 6.88. The van der Waals surface area contributed by atoms with Crippen molar-refractivity contribution in [3.8, 4) is 0 Å². The second kappa shape index (κ2) is 8.04. The Labute approximate surface area is 167 Å². The summed E-state index contributed by atoms with van der Waals surface area (Å²) in [4.78, 5) is 24.3. The first-order valence-electron chi connectivity index (χ1n) is 9.32. The summed E-state index contributed by atoms with van der Waals surface area (Å²) in [6.07, 6.45) is 2.42. The van der Waals surface area contributed by atoms with E-state index in [2.05, 4.69) is 18.8 Å². The van der Waals surface area contributed by atoms with E-state index in [9.17, 15) is 4.79 Å². The van der Waals surface area contributed by atoms with Crippen molar-refractivity contribution < 1.29 is 9.53 Å². The van der Waals surface area contributed by atoms with Gasteiger partial charge in [0.05, 0.1) is 40.0 Å². The van der Waals surface area contributed by atoms with Gasteiger partial charge < -0.3 is 4.74 Å². The number of anilines is 1. The Balaban J connectivity index is 1.58. The van der Waals surface area contributed by atoms with Gasteiger partial charge in [0.1, 0.15) is 0 Å². The number of amides is 1. The molecular weight excluding hydrogens is 378 g/mol. The van der Waals surface area contributed by atoms with Gasteiger partial charge in [-0.25, -0.2) is 9.97 Å².